The van der Waals surface area contributed by atoms with Gasteiger partial charge in [0.15, 0.2) is 5.78 Å². The smallest absolute Gasteiger partial charge is 0.238 e. The zero-order valence-corrected chi connectivity index (χ0v) is 19.1. The van der Waals surface area contributed by atoms with Gasteiger partial charge >= 0.3 is 0 Å². The van der Waals surface area contributed by atoms with Gasteiger partial charge in [-0.2, -0.15) is 0 Å². The quantitative estimate of drug-likeness (QED) is 0.209. The molecule has 0 saturated carbocycles. The van der Waals surface area contributed by atoms with Crippen LogP contribution in [0.3, 0.4) is 0 Å². The van der Waals surface area contributed by atoms with Crippen molar-refractivity contribution < 1.29 is 13.2 Å². The van der Waals surface area contributed by atoms with Crippen LogP contribution >= 0.6 is 0 Å². The summed E-state index contributed by atoms with van der Waals surface area (Å²) in [5.74, 6) is -0.00908. The van der Waals surface area contributed by atoms with E-state index in [4.69, 9.17) is 5.14 Å². The Morgan fingerprint density at radius 1 is 0.759 bits per heavy atom. The Bertz CT molecular complexity index is 670. The van der Waals surface area contributed by atoms with Crippen molar-refractivity contribution in [1.29, 1.82) is 0 Å². The van der Waals surface area contributed by atoms with E-state index >= 15 is 0 Å². The summed E-state index contributed by atoms with van der Waals surface area (Å²) in [6, 6.07) is 6.02. The molecule has 5 heteroatoms. The maximum atomic E-state index is 12.2. The second-order valence-corrected chi connectivity index (χ2v) is 9.76. The van der Waals surface area contributed by atoms with Crippen molar-refractivity contribution in [2.75, 3.05) is 0 Å². The molecule has 0 aliphatic heterocycles. The van der Waals surface area contributed by atoms with Gasteiger partial charge in [0.05, 0.1) is 4.90 Å². The molecule has 0 saturated heterocycles. The van der Waals surface area contributed by atoms with Crippen LogP contribution < -0.4 is 5.14 Å². The molecule has 0 radical (unpaired) electrons. The third-order valence-corrected chi connectivity index (χ3v) is 6.40. The Balaban J connectivity index is 1.98. The van der Waals surface area contributed by atoms with Crippen molar-refractivity contribution in [3.63, 3.8) is 0 Å². The first kappa shape index (κ1) is 25.8. The monoisotopic (exact) mass is 423 g/mol. The molecule has 1 aromatic rings. The summed E-state index contributed by atoms with van der Waals surface area (Å²) >= 11 is 0. The lowest BCUT2D eigenvalue weighted by Crippen LogP contribution is -2.13. The van der Waals surface area contributed by atoms with Crippen LogP contribution in [0.25, 0.3) is 0 Å². The maximum Gasteiger partial charge on any atom is 0.238 e. The van der Waals surface area contributed by atoms with Gasteiger partial charge < -0.3 is 0 Å². The lowest BCUT2D eigenvalue weighted by atomic mass is 10.0. The predicted octanol–water partition coefficient (Wildman–Crippen LogP) is 6.78. The second kappa shape index (κ2) is 15.6. The minimum absolute atomic E-state index is 0.000145. The molecular weight excluding hydrogens is 382 g/mol. The van der Waals surface area contributed by atoms with E-state index in [-0.39, 0.29) is 10.7 Å². The van der Waals surface area contributed by atoms with Crippen LogP contribution in [0.1, 0.15) is 120 Å². The molecule has 166 valence electrons. The van der Waals surface area contributed by atoms with Crippen molar-refractivity contribution in [3.8, 4) is 0 Å². The number of ketones is 1. The van der Waals surface area contributed by atoms with E-state index < -0.39 is 10.0 Å². The van der Waals surface area contributed by atoms with Crippen LogP contribution in [-0.2, 0) is 10.0 Å². The van der Waals surface area contributed by atoms with E-state index in [0.29, 0.717) is 12.0 Å². The first-order valence-electron chi connectivity index (χ1n) is 11.6. The molecule has 0 unspecified atom stereocenters. The van der Waals surface area contributed by atoms with E-state index in [2.05, 4.69) is 6.92 Å². The fourth-order valence-corrected chi connectivity index (χ4v) is 4.21. The summed E-state index contributed by atoms with van der Waals surface area (Å²) in [5, 5.41) is 5.12. The Kier molecular flexibility index (Phi) is 13.9. The van der Waals surface area contributed by atoms with Crippen molar-refractivity contribution in [3.05, 3.63) is 29.8 Å². The van der Waals surface area contributed by atoms with Gasteiger partial charge in [-0.05, 0) is 18.6 Å². The van der Waals surface area contributed by atoms with Gasteiger partial charge in [-0.1, -0.05) is 109 Å². The number of unbranched alkanes of at least 4 members (excludes halogenated alkanes) is 14. The van der Waals surface area contributed by atoms with E-state index in [1.54, 1.807) is 12.1 Å². The Labute approximate surface area is 178 Å². The van der Waals surface area contributed by atoms with Gasteiger partial charge in [-0.15, -0.1) is 0 Å². The van der Waals surface area contributed by atoms with Crippen LogP contribution in [-0.4, -0.2) is 14.2 Å². The van der Waals surface area contributed by atoms with Crippen LogP contribution in [0.5, 0.6) is 0 Å². The van der Waals surface area contributed by atoms with Crippen LogP contribution in [0.15, 0.2) is 29.2 Å². The summed E-state index contributed by atoms with van der Waals surface area (Å²) in [5.41, 5.74) is 0.432. The Morgan fingerprint density at radius 3 is 1.66 bits per heavy atom. The van der Waals surface area contributed by atoms with Gasteiger partial charge in [0.1, 0.15) is 0 Å². The highest BCUT2D eigenvalue weighted by Gasteiger charge is 2.11. The van der Waals surface area contributed by atoms with Gasteiger partial charge in [-0.25, -0.2) is 13.6 Å². The molecule has 0 spiro atoms. The average molecular weight is 424 g/mol. The second-order valence-electron chi connectivity index (χ2n) is 8.20. The van der Waals surface area contributed by atoms with Crippen LogP contribution in [0, 0.1) is 0 Å². The fourth-order valence-electron chi connectivity index (χ4n) is 3.65. The first-order chi connectivity index (χ1) is 13.9. The molecule has 0 aliphatic carbocycles. The lowest BCUT2D eigenvalue weighted by molar-refractivity contribution is 0.0979. The molecule has 0 bridgehead atoms. The fraction of sp³-hybridized carbons (Fsp3) is 0.708. The summed E-state index contributed by atoms with van der Waals surface area (Å²) in [6.45, 7) is 2.26. The molecule has 2 N–H and O–H groups in total. The highest BCUT2D eigenvalue weighted by Crippen LogP contribution is 2.16. The van der Waals surface area contributed by atoms with Crippen molar-refractivity contribution in [1.82, 2.24) is 0 Å². The molecule has 1 rings (SSSR count). The zero-order chi connectivity index (χ0) is 21.4. The molecule has 0 atom stereocenters. The number of nitrogens with two attached hydrogens (primary N) is 1. The van der Waals surface area contributed by atoms with Gasteiger partial charge in [0, 0.05) is 12.0 Å². The minimum atomic E-state index is -3.76. The maximum absolute atomic E-state index is 12.2. The molecule has 29 heavy (non-hydrogen) atoms. The number of benzene rings is 1. The topological polar surface area (TPSA) is 77.2 Å². The van der Waals surface area contributed by atoms with E-state index in [1.165, 1.54) is 95.6 Å². The number of hydrogen-bond donors (Lipinski definition) is 1. The van der Waals surface area contributed by atoms with Crippen molar-refractivity contribution in [2.45, 2.75) is 115 Å². The van der Waals surface area contributed by atoms with Crippen molar-refractivity contribution in [2.24, 2.45) is 5.14 Å². The predicted molar refractivity (Wildman–Crippen MR) is 122 cm³/mol. The number of Topliss-reactive ketones (excluding diaryl/α,β-unsaturated/α-hetero) is 1. The molecule has 0 amide bonds. The summed E-state index contributed by atoms with van der Waals surface area (Å²) in [6.07, 6.45) is 19.9. The summed E-state index contributed by atoms with van der Waals surface area (Å²) < 4.78 is 22.8. The average Bonchev–Trinajstić information content (AvgIpc) is 2.70. The normalized spacial score (nSPS) is 11.7. The molecule has 4 nitrogen and oxygen atoms in total. The zero-order valence-electron chi connectivity index (χ0n) is 18.3. The van der Waals surface area contributed by atoms with Crippen LogP contribution in [0.2, 0.25) is 0 Å². The van der Waals surface area contributed by atoms with E-state index in [9.17, 15) is 13.2 Å². The molecule has 0 fully saturated rings. The van der Waals surface area contributed by atoms with E-state index in [1.807, 2.05) is 0 Å². The number of primary sulfonamides is 1. The molecule has 0 heterocycles. The third-order valence-electron chi connectivity index (χ3n) is 5.49. The lowest BCUT2D eigenvalue weighted by Gasteiger charge is -2.05. The van der Waals surface area contributed by atoms with Crippen LogP contribution in [0.4, 0.5) is 0 Å². The molecule has 1 aromatic carbocycles. The molecular formula is C24H41NO3S. The highest BCUT2D eigenvalue weighted by molar-refractivity contribution is 7.89. The molecule has 0 aromatic heterocycles. The number of sulfonamides is 1. The Morgan fingerprint density at radius 2 is 1.21 bits per heavy atom. The number of carbonyl (C=O) groups is 1. The standard InChI is InChI=1S/C24H41NO3S/c1-2-3-4-5-6-7-8-9-10-11-12-13-14-15-16-20-24(26)22-18-17-19-23(21-22)29(25,27)28/h17-19,21H,2-16,20H2,1H3,(H2,25,27,28). The SMILES string of the molecule is CCCCCCCCCCCCCCCCCC(=O)c1cccc(S(N)(=O)=O)c1. The summed E-state index contributed by atoms with van der Waals surface area (Å²) in [4.78, 5) is 12.2. The number of carbonyl (C=O) groups excluding carboxylic acids is 1. The third kappa shape index (κ3) is 12.9. The highest BCUT2D eigenvalue weighted by atomic mass is 32.2. The first-order valence-corrected chi connectivity index (χ1v) is 13.2. The van der Waals surface area contributed by atoms with Crippen molar-refractivity contribution >= 4 is 15.8 Å². The van der Waals surface area contributed by atoms with Gasteiger partial charge in [0.2, 0.25) is 10.0 Å². The minimum Gasteiger partial charge on any atom is -0.294 e. The van der Waals surface area contributed by atoms with E-state index in [0.717, 1.165) is 12.8 Å². The summed E-state index contributed by atoms with van der Waals surface area (Å²) in [7, 11) is -3.76. The number of hydrogen-bond acceptors (Lipinski definition) is 3. The van der Waals surface area contributed by atoms with Gasteiger partial charge in [0.25, 0.3) is 0 Å². The largest absolute Gasteiger partial charge is 0.294 e. The molecule has 0 aliphatic rings. The Hall–Kier alpha value is -1.20. The number of rotatable bonds is 18. The van der Waals surface area contributed by atoms with Gasteiger partial charge in [-0.3, -0.25) is 4.79 Å².